The number of aromatic nitrogens is 4. The first-order valence-electron chi connectivity index (χ1n) is 6.00. The van der Waals surface area contributed by atoms with Crippen molar-refractivity contribution in [3.63, 3.8) is 0 Å². The third-order valence-corrected chi connectivity index (χ3v) is 4.00. The Morgan fingerprint density at radius 1 is 1.09 bits per heavy atom. The van der Waals surface area contributed by atoms with Crippen molar-refractivity contribution < 1.29 is 19.8 Å². The smallest absolute Gasteiger partial charge is 0.345 e. The molecule has 9 heteroatoms. The van der Waals surface area contributed by atoms with Crippen LogP contribution in [-0.4, -0.2) is 42.4 Å². The summed E-state index contributed by atoms with van der Waals surface area (Å²) in [6, 6.07) is 7.73. The monoisotopic (exact) mass is 316 g/mol. The van der Waals surface area contributed by atoms with Gasteiger partial charge in [0, 0.05) is 4.88 Å². The van der Waals surface area contributed by atoms with Crippen molar-refractivity contribution in [2.24, 2.45) is 0 Å². The van der Waals surface area contributed by atoms with E-state index in [1.54, 1.807) is 12.1 Å². The molecule has 0 unspecified atom stereocenters. The number of thiophene rings is 1. The second-order valence-corrected chi connectivity index (χ2v) is 5.38. The van der Waals surface area contributed by atoms with E-state index in [0.29, 0.717) is 16.1 Å². The lowest BCUT2D eigenvalue weighted by Gasteiger charge is -2.05. The summed E-state index contributed by atoms with van der Waals surface area (Å²) in [4.78, 5) is 23.1. The summed E-state index contributed by atoms with van der Waals surface area (Å²) in [7, 11) is 0. The molecule has 0 bridgehead atoms. The Kier molecular flexibility index (Phi) is 3.39. The molecule has 0 spiro atoms. The maximum absolute atomic E-state index is 11.3. The van der Waals surface area contributed by atoms with Crippen LogP contribution < -0.4 is 0 Å². The van der Waals surface area contributed by atoms with Crippen molar-refractivity contribution in [2.45, 2.75) is 0 Å². The third kappa shape index (κ3) is 2.56. The maximum Gasteiger partial charge on any atom is 0.345 e. The van der Waals surface area contributed by atoms with Crippen LogP contribution in [0, 0.1) is 0 Å². The molecule has 0 fully saturated rings. The minimum atomic E-state index is -1.09. The van der Waals surface area contributed by atoms with Crippen LogP contribution in [0.4, 0.5) is 0 Å². The van der Waals surface area contributed by atoms with Crippen LogP contribution in [0.2, 0.25) is 0 Å². The fourth-order valence-electron chi connectivity index (χ4n) is 1.90. The van der Waals surface area contributed by atoms with Crippen LogP contribution in [0.25, 0.3) is 16.1 Å². The van der Waals surface area contributed by atoms with Gasteiger partial charge in [0.1, 0.15) is 11.2 Å². The quantitative estimate of drug-likeness (QED) is 0.753. The zero-order valence-electron chi connectivity index (χ0n) is 10.9. The molecule has 0 atom stereocenters. The first-order chi connectivity index (χ1) is 10.5. The Hall–Kier alpha value is -3.07. The predicted octanol–water partition coefficient (Wildman–Crippen LogP) is 1.79. The molecule has 2 aromatic heterocycles. The summed E-state index contributed by atoms with van der Waals surface area (Å²) in [5, 5.41) is 29.0. The molecule has 0 aliphatic heterocycles. The van der Waals surface area contributed by atoms with Crippen molar-refractivity contribution in [3.8, 4) is 16.1 Å². The maximum atomic E-state index is 11.3. The van der Waals surface area contributed by atoms with Crippen molar-refractivity contribution in [2.75, 3.05) is 0 Å². The van der Waals surface area contributed by atoms with E-state index in [4.69, 9.17) is 5.11 Å². The molecule has 3 aromatic rings. The van der Waals surface area contributed by atoms with E-state index in [-0.39, 0.29) is 10.4 Å². The lowest BCUT2D eigenvalue weighted by Crippen LogP contribution is -2.01. The third-order valence-electron chi connectivity index (χ3n) is 2.88. The van der Waals surface area contributed by atoms with Gasteiger partial charge in [-0.05, 0) is 46.3 Å². The number of tetrazole rings is 1. The predicted molar refractivity (Wildman–Crippen MR) is 76.4 cm³/mol. The average molecular weight is 316 g/mol. The molecule has 110 valence electrons. The highest BCUT2D eigenvalue weighted by molar-refractivity contribution is 7.17. The number of nitrogens with zero attached hydrogens (tertiary/aromatic N) is 4. The molecule has 2 heterocycles. The fraction of sp³-hybridized carbons (Fsp3) is 0. The molecule has 0 saturated carbocycles. The van der Waals surface area contributed by atoms with E-state index in [0.717, 1.165) is 11.3 Å². The second-order valence-electron chi connectivity index (χ2n) is 4.30. The summed E-state index contributed by atoms with van der Waals surface area (Å²) in [6.45, 7) is 0. The summed E-state index contributed by atoms with van der Waals surface area (Å²) >= 11 is 1.07. The van der Waals surface area contributed by atoms with Gasteiger partial charge < -0.3 is 10.2 Å². The van der Waals surface area contributed by atoms with Crippen LogP contribution in [0.1, 0.15) is 20.0 Å². The summed E-state index contributed by atoms with van der Waals surface area (Å²) in [6.07, 6.45) is 1.35. The average Bonchev–Trinajstić information content (AvgIpc) is 3.18. The van der Waals surface area contributed by atoms with E-state index >= 15 is 0 Å². The minimum absolute atomic E-state index is 0.0632. The Bertz CT molecular complexity index is 857. The number of carboxylic acid groups (broad SMARTS) is 2. The minimum Gasteiger partial charge on any atom is -0.478 e. The summed E-state index contributed by atoms with van der Waals surface area (Å²) in [5.74, 6) is -2.11. The van der Waals surface area contributed by atoms with Crippen LogP contribution in [0.5, 0.6) is 0 Å². The Morgan fingerprint density at radius 3 is 2.50 bits per heavy atom. The molecule has 0 saturated heterocycles. The zero-order valence-corrected chi connectivity index (χ0v) is 11.7. The molecule has 8 nitrogen and oxygen atoms in total. The number of aromatic carboxylic acids is 2. The van der Waals surface area contributed by atoms with E-state index in [9.17, 15) is 14.7 Å². The summed E-state index contributed by atoms with van der Waals surface area (Å²) in [5.41, 5.74) is 1.13. The van der Waals surface area contributed by atoms with Crippen LogP contribution >= 0.6 is 11.3 Å². The van der Waals surface area contributed by atoms with Gasteiger partial charge in [0.2, 0.25) is 0 Å². The van der Waals surface area contributed by atoms with Crippen LogP contribution in [-0.2, 0) is 0 Å². The normalized spacial score (nSPS) is 10.5. The van der Waals surface area contributed by atoms with Gasteiger partial charge in [-0.2, -0.15) is 0 Å². The second kappa shape index (κ2) is 5.37. The molecule has 0 aliphatic rings. The highest BCUT2D eigenvalue weighted by Crippen LogP contribution is 2.30. The van der Waals surface area contributed by atoms with Gasteiger partial charge in [0.05, 0.1) is 11.3 Å². The van der Waals surface area contributed by atoms with Gasteiger partial charge in [0.25, 0.3) is 0 Å². The Morgan fingerprint density at radius 2 is 1.91 bits per heavy atom. The van der Waals surface area contributed by atoms with Gasteiger partial charge >= 0.3 is 11.9 Å². The van der Waals surface area contributed by atoms with Crippen molar-refractivity contribution in [3.05, 3.63) is 47.1 Å². The Balaban J connectivity index is 2.13. The molecule has 2 N–H and O–H groups in total. The van der Waals surface area contributed by atoms with Crippen molar-refractivity contribution in [1.29, 1.82) is 0 Å². The van der Waals surface area contributed by atoms with Gasteiger partial charge in [-0.15, -0.1) is 16.4 Å². The Labute approximate surface area is 127 Å². The molecule has 3 rings (SSSR count). The van der Waals surface area contributed by atoms with E-state index in [1.807, 2.05) is 0 Å². The van der Waals surface area contributed by atoms with Gasteiger partial charge in [0.15, 0.2) is 0 Å². The first kappa shape index (κ1) is 13.9. The molecular weight excluding hydrogens is 308 g/mol. The molecule has 0 amide bonds. The largest absolute Gasteiger partial charge is 0.478 e. The standard InChI is InChI=1S/C13H8N4O4S/c18-12(19)8-3-7(10-1-2-11(22-10)13(20)21)4-9(5-8)17-6-14-15-16-17/h1-6H,(H,18,19)(H,20,21). The number of benzene rings is 1. The highest BCUT2D eigenvalue weighted by Gasteiger charge is 2.13. The summed E-state index contributed by atoms with van der Waals surface area (Å²) < 4.78 is 1.33. The number of hydrogen-bond donors (Lipinski definition) is 2. The van der Waals surface area contributed by atoms with Gasteiger partial charge in [-0.1, -0.05) is 0 Å². The molecule has 22 heavy (non-hydrogen) atoms. The highest BCUT2D eigenvalue weighted by atomic mass is 32.1. The number of hydrogen-bond acceptors (Lipinski definition) is 6. The fourth-order valence-corrected chi connectivity index (χ4v) is 2.73. The molecular formula is C13H8N4O4S. The van der Waals surface area contributed by atoms with Gasteiger partial charge in [-0.3, -0.25) is 0 Å². The van der Waals surface area contributed by atoms with E-state index < -0.39 is 11.9 Å². The first-order valence-corrected chi connectivity index (χ1v) is 6.81. The molecule has 0 aliphatic carbocycles. The van der Waals surface area contributed by atoms with E-state index in [2.05, 4.69) is 15.5 Å². The lowest BCUT2D eigenvalue weighted by atomic mass is 10.1. The van der Waals surface area contributed by atoms with Crippen molar-refractivity contribution in [1.82, 2.24) is 20.2 Å². The van der Waals surface area contributed by atoms with E-state index in [1.165, 1.54) is 29.2 Å². The SMILES string of the molecule is O=C(O)c1cc(-c2ccc(C(=O)O)s2)cc(-n2cnnn2)c1. The number of carboxylic acids is 2. The zero-order chi connectivity index (χ0) is 15.7. The van der Waals surface area contributed by atoms with Gasteiger partial charge in [-0.25, -0.2) is 14.3 Å². The number of carbonyl (C=O) groups is 2. The lowest BCUT2D eigenvalue weighted by molar-refractivity contribution is 0.0688. The molecule has 1 aromatic carbocycles. The molecule has 0 radical (unpaired) electrons. The number of rotatable bonds is 4. The topological polar surface area (TPSA) is 118 Å². The van der Waals surface area contributed by atoms with Crippen LogP contribution in [0.3, 0.4) is 0 Å². The van der Waals surface area contributed by atoms with Crippen LogP contribution in [0.15, 0.2) is 36.7 Å². The van der Waals surface area contributed by atoms with Crippen molar-refractivity contribution >= 4 is 23.3 Å².